The smallest absolute Gasteiger partial charge is 0.193 e. The number of hydrogen-bond donors (Lipinski definition) is 1. The predicted molar refractivity (Wildman–Crippen MR) is 103 cm³/mol. The molecule has 7 heteroatoms. The summed E-state index contributed by atoms with van der Waals surface area (Å²) in [6.45, 7) is 4.84. The van der Waals surface area contributed by atoms with E-state index in [4.69, 9.17) is 9.47 Å². The van der Waals surface area contributed by atoms with Crippen LogP contribution in [0.5, 0.6) is 5.75 Å². The lowest BCUT2D eigenvalue weighted by Gasteiger charge is -2.24. The van der Waals surface area contributed by atoms with E-state index in [1.54, 1.807) is 19.2 Å². The topological polar surface area (TPSA) is 46.1 Å². The van der Waals surface area contributed by atoms with Gasteiger partial charge in [-0.25, -0.2) is 4.39 Å². The van der Waals surface area contributed by atoms with Gasteiger partial charge in [0.15, 0.2) is 5.96 Å². The summed E-state index contributed by atoms with van der Waals surface area (Å²) >= 11 is 0. The average Bonchev–Trinajstić information content (AvgIpc) is 3.18. The van der Waals surface area contributed by atoms with E-state index in [0.29, 0.717) is 24.3 Å². The van der Waals surface area contributed by atoms with Gasteiger partial charge in [0.1, 0.15) is 18.2 Å². The number of rotatable bonds is 4. The zero-order valence-corrected chi connectivity index (χ0v) is 16.3. The van der Waals surface area contributed by atoms with Crippen LogP contribution in [0.2, 0.25) is 0 Å². The summed E-state index contributed by atoms with van der Waals surface area (Å²) in [5.74, 6) is 1.16. The van der Waals surface area contributed by atoms with Crippen molar-refractivity contribution in [1.82, 2.24) is 10.2 Å². The van der Waals surface area contributed by atoms with Gasteiger partial charge in [-0.05, 0) is 25.0 Å². The molecule has 24 heavy (non-hydrogen) atoms. The third-order valence-corrected chi connectivity index (χ3v) is 4.58. The molecular formula is C17H25FIN3O2. The Kier molecular flexibility index (Phi) is 7.09. The third kappa shape index (κ3) is 4.72. The quantitative estimate of drug-likeness (QED) is 0.332. The Balaban J connectivity index is 0.00000208. The van der Waals surface area contributed by atoms with Gasteiger partial charge in [-0.15, -0.1) is 24.0 Å². The molecule has 1 atom stereocenters. The number of benzene rings is 1. The molecule has 1 N–H and O–H groups in total. The van der Waals surface area contributed by atoms with Gasteiger partial charge in [0.2, 0.25) is 0 Å². The highest BCUT2D eigenvalue weighted by Crippen LogP contribution is 2.38. The zero-order chi connectivity index (χ0) is 16.1. The van der Waals surface area contributed by atoms with Crippen molar-refractivity contribution in [2.45, 2.75) is 12.8 Å². The van der Waals surface area contributed by atoms with Crippen LogP contribution in [-0.2, 0) is 4.74 Å². The van der Waals surface area contributed by atoms with Gasteiger partial charge in [0.05, 0.1) is 13.2 Å². The van der Waals surface area contributed by atoms with E-state index in [9.17, 15) is 4.39 Å². The summed E-state index contributed by atoms with van der Waals surface area (Å²) in [5.41, 5.74) is 0.315. The summed E-state index contributed by atoms with van der Waals surface area (Å²) in [7, 11) is 1.80. The number of nitrogens with zero attached hydrogens (tertiary/aromatic N) is 2. The van der Waals surface area contributed by atoms with Crippen molar-refractivity contribution >= 4 is 29.9 Å². The molecule has 0 bridgehead atoms. The molecule has 0 aromatic heterocycles. The first-order valence-corrected chi connectivity index (χ1v) is 8.13. The van der Waals surface area contributed by atoms with Gasteiger partial charge < -0.3 is 19.7 Å². The molecule has 0 aliphatic carbocycles. The molecular weight excluding hydrogens is 424 g/mol. The molecule has 1 unspecified atom stereocenters. The monoisotopic (exact) mass is 449 g/mol. The molecule has 0 amide bonds. The van der Waals surface area contributed by atoms with Crippen LogP contribution in [0.15, 0.2) is 29.3 Å². The Labute approximate surface area is 159 Å². The molecule has 0 saturated carbocycles. The molecule has 2 saturated heterocycles. The molecule has 3 rings (SSSR count). The van der Waals surface area contributed by atoms with Crippen LogP contribution in [0, 0.1) is 11.2 Å². The van der Waals surface area contributed by atoms with Crippen LogP contribution >= 0.6 is 24.0 Å². The van der Waals surface area contributed by atoms with Crippen LogP contribution in [-0.4, -0.2) is 57.4 Å². The highest BCUT2D eigenvalue weighted by Gasteiger charge is 2.42. The maximum atomic E-state index is 13.1. The molecule has 5 nitrogen and oxygen atoms in total. The molecule has 1 aromatic carbocycles. The Morgan fingerprint density at radius 3 is 3.04 bits per heavy atom. The van der Waals surface area contributed by atoms with Crippen molar-refractivity contribution in [2.75, 3.05) is 46.5 Å². The van der Waals surface area contributed by atoms with Crippen molar-refractivity contribution in [2.24, 2.45) is 10.4 Å². The minimum absolute atomic E-state index is 0. The van der Waals surface area contributed by atoms with E-state index < -0.39 is 0 Å². The summed E-state index contributed by atoms with van der Waals surface area (Å²) in [6.07, 6.45) is 2.30. The fourth-order valence-electron chi connectivity index (χ4n) is 3.31. The maximum absolute atomic E-state index is 13.1. The number of guanidine groups is 1. The van der Waals surface area contributed by atoms with E-state index in [-0.39, 0.29) is 29.8 Å². The van der Waals surface area contributed by atoms with E-state index in [2.05, 4.69) is 15.2 Å². The van der Waals surface area contributed by atoms with Crippen LogP contribution in [0.4, 0.5) is 4.39 Å². The molecule has 1 spiro atoms. The Bertz CT molecular complexity index is 565. The van der Waals surface area contributed by atoms with Crippen LogP contribution in [0.3, 0.4) is 0 Å². The van der Waals surface area contributed by atoms with Gasteiger partial charge in [0.25, 0.3) is 0 Å². The van der Waals surface area contributed by atoms with Crippen LogP contribution in [0.25, 0.3) is 0 Å². The first-order chi connectivity index (χ1) is 11.2. The second-order valence-electron chi connectivity index (χ2n) is 6.25. The largest absolute Gasteiger partial charge is 0.492 e. The highest BCUT2D eigenvalue weighted by molar-refractivity contribution is 14.0. The molecule has 2 aliphatic rings. The predicted octanol–water partition coefficient (Wildman–Crippen LogP) is 2.51. The SMILES string of the molecule is CN=C(NCCOc1cccc(F)c1)N1CCC2(CCOC2)C1.I. The summed E-state index contributed by atoms with van der Waals surface area (Å²) < 4.78 is 24.2. The van der Waals surface area contributed by atoms with Gasteiger partial charge in [0, 0.05) is 38.2 Å². The first kappa shape index (κ1) is 19.2. The number of halogens is 2. The van der Waals surface area contributed by atoms with Crippen molar-refractivity contribution in [3.8, 4) is 5.75 Å². The molecule has 0 radical (unpaired) electrons. The van der Waals surface area contributed by atoms with Gasteiger partial charge >= 0.3 is 0 Å². The normalized spacial score (nSPS) is 23.4. The van der Waals surface area contributed by atoms with Gasteiger partial charge in [-0.2, -0.15) is 0 Å². The number of nitrogens with one attached hydrogen (secondary N) is 1. The summed E-state index contributed by atoms with van der Waals surface area (Å²) in [5, 5.41) is 3.32. The van der Waals surface area contributed by atoms with E-state index >= 15 is 0 Å². The third-order valence-electron chi connectivity index (χ3n) is 4.58. The van der Waals surface area contributed by atoms with Crippen molar-refractivity contribution in [1.29, 1.82) is 0 Å². The number of hydrogen-bond acceptors (Lipinski definition) is 3. The van der Waals surface area contributed by atoms with Crippen molar-refractivity contribution in [3.63, 3.8) is 0 Å². The van der Waals surface area contributed by atoms with Crippen molar-refractivity contribution < 1.29 is 13.9 Å². The standard InChI is InChI=1S/C17H24FN3O2.HI/c1-19-16(21-8-5-17(12-21)6-9-22-13-17)20-7-10-23-15-4-2-3-14(18)11-15;/h2-4,11H,5-10,12-13H2,1H3,(H,19,20);1H. The number of aliphatic imine (C=N–C) groups is 1. The Morgan fingerprint density at radius 2 is 2.33 bits per heavy atom. The lowest BCUT2D eigenvalue weighted by atomic mass is 9.87. The zero-order valence-electron chi connectivity index (χ0n) is 14.0. The molecule has 134 valence electrons. The van der Waals surface area contributed by atoms with E-state index in [0.717, 1.165) is 45.1 Å². The minimum atomic E-state index is -0.285. The van der Waals surface area contributed by atoms with E-state index in [1.807, 2.05) is 0 Å². The first-order valence-electron chi connectivity index (χ1n) is 8.13. The Hall–Kier alpha value is -1.09. The molecule has 2 fully saturated rings. The fraction of sp³-hybridized carbons (Fsp3) is 0.588. The second-order valence-corrected chi connectivity index (χ2v) is 6.25. The minimum Gasteiger partial charge on any atom is -0.492 e. The van der Waals surface area contributed by atoms with Gasteiger partial charge in [-0.3, -0.25) is 4.99 Å². The molecule has 2 aliphatic heterocycles. The van der Waals surface area contributed by atoms with E-state index in [1.165, 1.54) is 12.1 Å². The lowest BCUT2D eigenvalue weighted by molar-refractivity contribution is 0.156. The Morgan fingerprint density at radius 1 is 1.46 bits per heavy atom. The second kappa shape index (κ2) is 8.84. The average molecular weight is 449 g/mol. The number of ether oxygens (including phenoxy) is 2. The highest BCUT2D eigenvalue weighted by atomic mass is 127. The fourth-order valence-corrected chi connectivity index (χ4v) is 3.31. The molecule has 2 heterocycles. The van der Waals surface area contributed by atoms with Crippen LogP contribution < -0.4 is 10.1 Å². The van der Waals surface area contributed by atoms with Crippen molar-refractivity contribution in [3.05, 3.63) is 30.1 Å². The maximum Gasteiger partial charge on any atom is 0.193 e. The summed E-state index contributed by atoms with van der Waals surface area (Å²) in [6, 6.07) is 6.19. The summed E-state index contributed by atoms with van der Waals surface area (Å²) in [4.78, 5) is 6.65. The molecule has 1 aromatic rings. The van der Waals surface area contributed by atoms with Gasteiger partial charge in [-0.1, -0.05) is 6.07 Å². The number of likely N-dealkylation sites (tertiary alicyclic amines) is 1. The lowest BCUT2D eigenvalue weighted by Crippen LogP contribution is -2.42. The van der Waals surface area contributed by atoms with Crippen LogP contribution in [0.1, 0.15) is 12.8 Å².